The highest BCUT2D eigenvalue weighted by atomic mass is 35.5. The lowest BCUT2D eigenvalue weighted by Gasteiger charge is -2.25. The summed E-state index contributed by atoms with van der Waals surface area (Å²) in [7, 11) is 0. The summed E-state index contributed by atoms with van der Waals surface area (Å²) < 4.78 is 19.5. The van der Waals surface area contributed by atoms with Crippen molar-refractivity contribution in [1.82, 2.24) is 4.57 Å². The number of halogens is 2. The van der Waals surface area contributed by atoms with Crippen LogP contribution < -0.4 is 24.4 Å². The summed E-state index contributed by atoms with van der Waals surface area (Å²) in [5.41, 5.74) is 3.54. The fourth-order valence-electron chi connectivity index (χ4n) is 5.35. The molecule has 47 heavy (non-hydrogen) atoms. The Hall–Kier alpha value is -4.63. The zero-order valence-electron chi connectivity index (χ0n) is 25.6. The number of hydrogen-bond acceptors (Lipinski definition) is 7. The van der Waals surface area contributed by atoms with E-state index in [1.54, 1.807) is 41.8 Å². The van der Waals surface area contributed by atoms with E-state index in [1.165, 1.54) is 11.3 Å². The molecule has 0 amide bonds. The molecule has 0 radical (unpaired) electrons. The lowest BCUT2D eigenvalue weighted by atomic mass is 9.93. The summed E-state index contributed by atoms with van der Waals surface area (Å²) in [4.78, 5) is 33.2. The summed E-state index contributed by atoms with van der Waals surface area (Å²) in [6.07, 6.45) is 1.75. The van der Waals surface area contributed by atoms with Crippen LogP contribution in [0.5, 0.6) is 11.5 Å². The number of carbonyl (C=O) groups excluding carboxylic acids is 1. The van der Waals surface area contributed by atoms with E-state index in [1.807, 2.05) is 79.7 Å². The molecular weight excluding hydrogens is 655 g/mol. The van der Waals surface area contributed by atoms with Crippen LogP contribution in [-0.2, 0) is 16.1 Å². The molecule has 2 heterocycles. The van der Waals surface area contributed by atoms with Gasteiger partial charge in [0, 0.05) is 10.6 Å². The molecule has 238 valence electrons. The van der Waals surface area contributed by atoms with Crippen LogP contribution in [0.4, 0.5) is 0 Å². The maximum Gasteiger partial charge on any atom is 0.338 e. The van der Waals surface area contributed by atoms with Crippen molar-refractivity contribution in [3.63, 3.8) is 0 Å². The quantitative estimate of drug-likeness (QED) is 0.145. The van der Waals surface area contributed by atoms with Crippen molar-refractivity contribution < 1.29 is 19.0 Å². The van der Waals surface area contributed by atoms with Gasteiger partial charge in [0.15, 0.2) is 16.3 Å². The Morgan fingerprint density at radius 2 is 1.62 bits per heavy atom. The number of hydrogen-bond donors (Lipinski definition) is 0. The first kappa shape index (κ1) is 32.3. The minimum atomic E-state index is -0.755. The van der Waals surface area contributed by atoms with Gasteiger partial charge in [-0.3, -0.25) is 9.36 Å². The molecule has 4 aromatic carbocycles. The molecule has 0 unspecified atom stereocenters. The van der Waals surface area contributed by atoms with Gasteiger partial charge in [0.2, 0.25) is 0 Å². The second-order valence-electron chi connectivity index (χ2n) is 10.5. The largest absolute Gasteiger partial charge is 0.490 e. The number of rotatable bonds is 10. The number of esters is 1. The molecular formula is C37H30Cl2N2O5S. The highest BCUT2D eigenvalue weighted by Crippen LogP contribution is 2.38. The normalized spacial score (nSPS) is 14.4. The monoisotopic (exact) mass is 684 g/mol. The minimum absolute atomic E-state index is 0.179. The Labute approximate surface area is 285 Å². The van der Waals surface area contributed by atoms with E-state index in [-0.39, 0.29) is 18.8 Å². The minimum Gasteiger partial charge on any atom is -0.490 e. The SMILES string of the molecule is CCOC(=O)C1=C(c2ccccc2)N=c2s/c(=C\c3cc(Cl)c(OCc4ccc(Cl)cc4)c(OCC)c3)c(=O)n2[C@@H]1c1ccccc1. The van der Waals surface area contributed by atoms with E-state index in [2.05, 4.69) is 0 Å². The molecule has 0 saturated carbocycles. The lowest BCUT2D eigenvalue weighted by molar-refractivity contribution is -0.138. The molecule has 7 nitrogen and oxygen atoms in total. The molecule has 1 aromatic heterocycles. The molecule has 0 bridgehead atoms. The van der Waals surface area contributed by atoms with Gasteiger partial charge in [0.1, 0.15) is 6.61 Å². The van der Waals surface area contributed by atoms with Crippen molar-refractivity contribution in [2.24, 2.45) is 4.99 Å². The van der Waals surface area contributed by atoms with Gasteiger partial charge in [0.05, 0.1) is 40.1 Å². The summed E-state index contributed by atoms with van der Waals surface area (Å²) in [6, 6.07) is 29.0. The number of nitrogens with zero attached hydrogens (tertiary/aromatic N) is 2. The molecule has 1 aliphatic rings. The first-order valence-electron chi connectivity index (χ1n) is 15.0. The number of ether oxygens (including phenoxy) is 3. The second kappa shape index (κ2) is 14.4. The zero-order valence-corrected chi connectivity index (χ0v) is 27.9. The molecule has 5 aromatic rings. The van der Waals surface area contributed by atoms with E-state index < -0.39 is 12.0 Å². The molecule has 0 spiro atoms. The van der Waals surface area contributed by atoms with Crippen LogP contribution in [0.25, 0.3) is 11.8 Å². The maximum absolute atomic E-state index is 14.2. The lowest BCUT2D eigenvalue weighted by Crippen LogP contribution is -2.39. The topological polar surface area (TPSA) is 79.1 Å². The van der Waals surface area contributed by atoms with E-state index in [0.717, 1.165) is 16.7 Å². The molecule has 0 saturated heterocycles. The third-order valence-corrected chi connectivity index (χ3v) is 8.93. The second-order valence-corrected chi connectivity index (χ2v) is 12.4. The van der Waals surface area contributed by atoms with Gasteiger partial charge in [-0.2, -0.15) is 0 Å². The van der Waals surface area contributed by atoms with Crippen molar-refractivity contribution in [2.75, 3.05) is 13.2 Å². The predicted octanol–water partition coefficient (Wildman–Crippen LogP) is 7.22. The number of carbonyl (C=O) groups is 1. The molecule has 1 atom stereocenters. The summed E-state index contributed by atoms with van der Waals surface area (Å²) >= 11 is 14.0. The van der Waals surface area contributed by atoms with E-state index in [0.29, 0.717) is 54.3 Å². The number of benzene rings is 4. The summed E-state index contributed by atoms with van der Waals surface area (Å²) in [5.74, 6) is 0.324. The highest BCUT2D eigenvalue weighted by Gasteiger charge is 2.35. The molecule has 1 aliphatic heterocycles. The smallest absolute Gasteiger partial charge is 0.338 e. The van der Waals surface area contributed by atoms with Gasteiger partial charge in [-0.15, -0.1) is 0 Å². The van der Waals surface area contributed by atoms with Crippen molar-refractivity contribution in [2.45, 2.75) is 26.5 Å². The summed E-state index contributed by atoms with van der Waals surface area (Å²) in [5, 5.41) is 0.974. The molecule has 6 rings (SSSR count). The van der Waals surface area contributed by atoms with Crippen molar-refractivity contribution >= 4 is 52.3 Å². The third-order valence-electron chi connectivity index (χ3n) is 7.41. The average molecular weight is 686 g/mol. The van der Waals surface area contributed by atoms with Crippen LogP contribution >= 0.6 is 34.5 Å². The van der Waals surface area contributed by atoms with Gasteiger partial charge >= 0.3 is 5.97 Å². The standard InChI is InChI=1S/C37H30Cl2N2O5S/c1-3-44-29-20-24(19-28(39)34(29)46-22-23-15-17-27(38)18-16-23)21-30-35(42)41-33(26-13-9-6-10-14-26)31(36(43)45-4-2)32(40-37(41)47-30)25-11-7-5-8-12-25/h5-21,33H,3-4,22H2,1-2H3/b30-21-/t33-/m1/s1. The van der Waals surface area contributed by atoms with Crippen molar-refractivity contribution in [1.29, 1.82) is 0 Å². The van der Waals surface area contributed by atoms with Gasteiger partial charge < -0.3 is 14.2 Å². The van der Waals surface area contributed by atoms with Crippen LogP contribution in [0.2, 0.25) is 10.0 Å². The zero-order chi connectivity index (χ0) is 32.9. The van der Waals surface area contributed by atoms with Crippen LogP contribution in [0.15, 0.2) is 112 Å². The van der Waals surface area contributed by atoms with E-state index in [9.17, 15) is 9.59 Å². The predicted molar refractivity (Wildman–Crippen MR) is 186 cm³/mol. The van der Waals surface area contributed by atoms with E-state index >= 15 is 0 Å². The Bertz CT molecular complexity index is 2130. The van der Waals surface area contributed by atoms with Crippen molar-refractivity contribution in [3.05, 3.63) is 155 Å². The Morgan fingerprint density at radius 1 is 0.915 bits per heavy atom. The molecule has 0 aliphatic carbocycles. The Kier molecular flexibility index (Phi) is 9.92. The van der Waals surface area contributed by atoms with Gasteiger partial charge in [-0.25, -0.2) is 9.79 Å². The maximum atomic E-state index is 14.2. The van der Waals surface area contributed by atoms with Crippen LogP contribution in [0.3, 0.4) is 0 Å². The van der Waals surface area contributed by atoms with Gasteiger partial charge in [0.25, 0.3) is 5.56 Å². The molecule has 10 heteroatoms. The van der Waals surface area contributed by atoms with Crippen molar-refractivity contribution in [3.8, 4) is 11.5 Å². The van der Waals surface area contributed by atoms with Crippen LogP contribution in [0, 0.1) is 0 Å². The summed E-state index contributed by atoms with van der Waals surface area (Å²) in [6.45, 7) is 4.45. The molecule has 0 N–H and O–H groups in total. The van der Waals surface area contributed by atoms with Gasteiger partial charge in [-0.1, -0.05) is 107 Å². The number of thiazole rings is 1. The molecule has 0 fully saturated rings. The first-order chi connectivity index (χ1) is 22.9. The van der Waals surface area contributed by atoms with Crippen LogP contribution in [0.1, 0.15) is 42.1 Å². The number of fused-ring (bicyclic) bond motifs is 1. The Morgan fingerprint density at radius 3 is 2.30 bits per heavy atom. The highest BCUT2D eigenvalue weighted by molar-refractivity contribution is 7.07. The van der Waals surface area contributed by atoms with Crippen LogP contribution in [-0.4, -0.2) is 23.8 Å². The fraction of sp³-hybridized carbons (Fsp3) is 0.162. The average Bonchev–Trinajstić information content (AvgIpc) is 3.39. The number of aromatic nitrogens is 1. The Balaban J connectivity index is 1.48. The third kappa shape index (κ3) is 6.90. The van der Waals surface area contributed by atoms with E-state index in [4.69, 9.17) is 42.4 Å². The first-order valence-corrected chi connectivity index (χ1v) is 16.6. The van der Waals surface area contributed by atoms with Gasteiger partial charge in [-0.05, 0) is 60.9 Å². The fourth-order valence-corrected chi connectivity index (χ4v) is 6.75.